The van der Waals surface area contributed by atoms with E-state index in [9.17, 15) is 8.78 Å². The van der Waals surface area contributed by atoms with Crippen LogP contribution in [0.4, 0.5) is 14.5 Å². The van der Waals surface area contributed by atoms with Crippen LogP contribution in [0.5, 0.6) is 5.75 Å². The first-order valence-corrected chi connectivity index (χ1v) is 6.68. The SMILES string of the molecule is COc1ccc(/C=N\NC(=S)Nc2ccc(F)cc2)cc1F. The standard InChI is InChI=1S/C15H13F2N3OS/c1-21-14-7-2-10(8-13(14)17)9-18-20-15(22)19-12-5-3-11(16)4-6-12/h2-9H,1H3,(H2,19,20,22)/b18-9-. The molecule has 2 rings (SSSR count). The van der Waals surface area contributed by atoms with Gasteiger partial charge >= 0.3 is 0 Å². The van der Waals surface area contributed by atoms with Crippen LogP contribution in [0.15, 0.2) is 47.6 Å². The molecule has 0 atom stereocenters. The van der Waals surface area contributed by atoms with E-state index in [2.05, 4.69) is 15.8 Å². The number of methoxy groups -OCH3 is 1. The third-order valence-electron chi connectivity index (χ3n) is 2.66. The van der Waals surface area contributed by atoms with Crippen molar-refractivity contribution in [1.82, 2.24) is 5.43 Å². The Balaban J connectivity index is 1.90. The molecular weight excluding hydrogens is 308 g/mol. The Labute approximate surface area is 131 Å². The first kappa shape index (κ1) is 15.8. The molecule has 0 radical (unpaired) electrons. The van der Waals surface area contributed by atoms with Crippen molar-refractivity contribution >= 4 is 29.2 Å². The molecule has 0 amide bonds. The molecule has 0 aromatic heterocycles. The van der Waals surface area contributed by atoms with E-state index in [1.807, 2.05) is 0 Å². The zero-order valence-corrected chi connectivity index (χ0v) is 12.5. The van der Waals surface area contributed by atoms with Crippen LogP contribution in [0.25, 0.3) is 0 Å². The first-order chi connectivity index (χ1) is 10.6. The van der Waals surface area contributed by atoms with Gasteiger partial charge in [-0.1, -0.05) is 0 Å². The Morgan fingerprint density at radius 2 is 1.91 bits per heavy atom. The van der Waals surface area contributed by atoms with Gasteiger partial charge in [-0.2, -0.15) is 5.10 Å². The summed E-state index contributed by atoms with van der Waals surface area (Å²) in [6, 6.07) is 10.2. The third kappa shape index (κ3) is 4.49. The summed E-state index contributed by atoms with van der Waals surface area (Å²) >= 11 is 5.03. The smallest absolute Gasteiger partial charge is 0.191 e. The summed E-state index contributed by atoms with van der Waals surface area (Å²) in [7, 11) is 1.40. The lowest BCUT2D eigenvalue weighted by Crippen LogP contribution is -2.23. The van der Waals surface area contributed by atoms with Gasteiger partial charge in [-0.25, -0.2) is 8.78 Å². The number of benzene rings is 2. The number of rotatable bonds is 4. The first-order valence-electron chi connectivity index (χ1n) is 6.27. The topological polar surface area (TPSA) is 45.6 Å². The quantitative estimate of drug-likeness (QED) is 0.515. The van der Waals surface area contributed by atoms with Crippen LogP contribution in [0.1, 0.15) is 5.56 Å². The van der Waals surface area contributed by atoms with Crippen LogP contribution in [-0.2, 0) is 0 Å². The second-order valence-corrected chi connectivity index (χ2v) is 4.63. The number of hydrogen-bond donors (Lipinski definition) is 2. The average molecular weight is 321 g/mol. The maximum absolute atomic E-state index is 13.5. The zero-order chi connectivity index (χ0) is 15.9. The largest absolute Gasteiger partial charge is 0.494 e. The minimum Gasteiger partial charge on any atom is -0.494 e. The fraction of sp³-hybridized carbons (Fsp3) is 0.0667. The van der Waals surface area contributed by atoms with Crippen LogP contribution in [0.2, 0.25) is 0 Å². The highest BCUT2D eigenvalue weighted by molar-refractivity contribution is 7.80. The molecule has 0 unspecified atom stereocenters. The van der Waals surface area contributed by atoms with E-state index >= 15 is 0 Å². The van der Waals surface area contributed by atoms with E-state index in [1.54, 1.807) is 18.2 Å². The molecule has 0 aliphatic carbocycles. The molecule has 7 heteroatoms. The van der Waals surface area contributed by atoms with Crippen LogP contribution in [0.3, 0.4) is 0 Å². The summed E-state index contributed by atoms with van der Waals surface area (Å²) in [5.74, 6) is -0.638. The van der Waals surface area contributed by atoms with Crippen molar-refractivity contribution in [3.8, 4) is 5.75 Å². The molecule has 0 fully saturated rings. The van der Waals surface area contributed by atoms with Crippen molar-refractivity contribution in [2.75, 3.05) is 12.4 Å². The molecule has 114 valence electrons. The van der Waals surface area contributed by atoms with Crippen molar-refractivity contribution in [3.05, 3.63) is 59.7 Å². The van der Waals surface area contributed by atoms with Crippen molar-refractivity contribution in [2.45, 2.75) is 0 Å². The zero-order valence-electron chi connectivity index (χ0n) is 11.6. The van der Waals surface area contributed by atoms with Crippen molar-refractivity contribution in [3.63, 3.8) is 0 Å². The van der Waals surface area contributed by atoms with Crippen molar-refractivity contribution in [1.29, 1.82) is 0 Å². The van der Waals surface area contributed by atoms with Gasteiger partial charge in [-0.3, -0.25) is 5.43 Å². The van der Waals surface area contributed by atoms with Crippen molar-refractivity contribution < 1.29 is 13.5 Å². The number of ether oxygens (including phenoxy) is 1. The summed E-state index contributed by atoms with van der Waals surface area (Å²) in [5, 5.41) is 6.96. The van der Waals surface area contributed by atoms with Gasteiger partial charge in [0, 0.05) is 5.69 Å². The minimum atomic E-state index is -0.474. The number of thiocarbonyl (C=S) groups is 1. The van der Waals surface area contributed by atoms with Gasteiger partial charge in [0.25, 0.3) is 0 Å². The number of nitrogens with zero attached hydrogens (tertiary/aromatic N) is 1. The third-order valence-corrected chi connectivity index (χ3v) is 2.85. The highest BCUT2D eigenvalue weighted by Crippen LogP contribution is 2.16. The Morgan fingerprint density at radius 1 is 1.18 bits per heavy atom. The summed E-state index contributed by atoms with van der Waals surface area (Å²) in [4.78, 5) is 0. The fourth-order valence-corrected chi connectivity index (χ4v) is 1.79. The lowest BCUT2D eigenvalue weighted by atomic mass is 10.2. The lowest BCUT2D eigenvalue weighted by Gasteiger charge is -2.06. The van der Waals surface area contributed by atoms with Crippen molar-refractivity contribution in [2.24, 2.45) is 5.10 Å². The highest BCUT2D eigenvalue weighted by Gasteiger charge is 2.02. The Hall–Kier alpha value is -2.54. The van der Waals surface area contributed by atoms with E-state index in [1.165, 1.54) is 37.6 Å². The molecule has 2 N–H and O–H groups in total. The molecule has 0 saturated carbocycles. The van der Waals surface area contributed by atoms with Gasteiger partial charge in [-0.15, -0.1) is 0 Å². The molecule has 0 bridgehead atoms. The van der Waals surface area contributed by atoms with Gasteiger partial charge in [0.05, 0.1) is 13.3 Å². The number of halogens is 2. The van der Waals surface area contributed by atoms with E-state index in [0.29, 0.717) is 11.3 Å². The van der Waals surface area contributed by atoms with E-state index < -0.39 is 5.82 Å². The molecule has 4 nitrogen and oxygen atoms in total. The molecule has 2 aromatic rings. The summed E-state index contributed by atoms with van der Waals surface area (Å²) in [6.45, 7) is 0. The highest BCUT2D eigenvalue weighted by atomic mass is 32.1. The van der Waals surface area contributed by atoms with Gasteiger partial charge in [0.2, 0.25) is 0 Å². The second kappa shape index (κ2) is 7.46. The molecule has 22 heavy (non-hydrogen) atoms. The van der Waals surface area contributed by atoms with Crippen LogP contribution in [-0.4, -0.2) is 18.4 Å². The summed E-state index contributed by atoms with van der Waals surface area (Å²) in [6.07, 6.45) is 1.42. The number of nitrogens with one attached hydrogen (secondary N) is 2. The predicted octanol–water partition coefficient (Wildman–Crippen LogP) is 3.29. The molecule has 0 heterocycles. The molecule has 0 saturated heterocycles. The number of anilines is 1. The van der Waals surface area contributed by atoms with Gasteiger partial charge in [0.1, 0.15) is 5.82 Å². The van der Waals surface area contributed by atoms with Gasteiger partial charge in [0.15, 0.2) is 16.7 Å². The summed E-state index contributed by atoms with van der Waals surface area (Å²) in [5.41, 5.74) is 3.77. The Bertz CT molecular complexity index is 690. The molecule has 0 aliphatic rings. The normalized spacial score (nSPS) is 10.5. The fourth-order valence-electron chi connectivity index (χ4n) is 1.62. The maximum atomic E-state index is 13.5. The Kier molecular flexibility index (Phi) is 5.37. The van der Waals surface area contributed by atoms with Crippen LogP contribution >= 0.6 is 12.2 Å². The summed E-state index contributed by atoms with van der Waals surface area (Å²) < 4.78 is 31.1. The van der Waals surface area contributed by atoms with E-state index in [4.69, 9.17) is 17.0 Å². The molecule has 0 spiro atoms. The number of hydrogen-bond acceptors (Lipinski definition) is 3. The predicted molar refractivity (Wildman–Crippen MR) is 86.3 cm³/mol. The molecular formula is C15H13F2N3OS. The van der Waals surface area contributed by atoms with E-state index in [-0.39, 0.29) is 16.7 Å². The minimum absolute atomic E-state index is 0.165. The molecule has 2 aromatic carbocycles. The average Bonchev–Trinajstić information content (AvgIpc) is 2.50. The Morgan fingerprint density at radius 3 is 2.55 bits per heavy atom. The number of hydrazone groups is 1. The monoisotopic (exact) mass is 321 g/mol. The lowest BCUT2D eigenvalue weighted by molar-refractivity contribution is 0.386. The maximum Gasteiger partial charge on any atom is 0.191 e. The van der Waals surface area contributed by atoms with Crippen LogP contribution in [0, 0.1) is 11.6 Å². The van der Waals surface area contributed by atoms with Crippen LogP contribution < -0.4 is 15.5 Å². The van der Waals surface area contributed by atoms with Gasteiger partial charge in [-0.05, 0) is 60.2 Å². The molecule has 0 aliphatic heterocycles. The second-order valence-electron chi connectivity index (χ2n) is 4.23. The van der Waals surface area contributed by atoms with Gasteiger partial charge < -0.3 is 10.1 Å². The van der Waals surface area contributed by atoms with E-state index in [0.717, 1.165) is 0 Å².